The second-order valence-corrected chi connectivity index (χ2v) is 6.53. The van der Waals surface area contributed by atoms with Crippen LogP contribution in [0.3, 0.4) is 0 Å². The summed E-state index contributed by atoms with van der Waals surface area (Å²) in [6.07, 6.45) is 1.46. The van der Waals surface area contributed by atoms with Gasteiger partial charge in [0.05, 0.1) is 0 Å². The molecule has 0 bridgehead atoms. The topological polar surface area (TPSA) is 76.3 Å². The highest BCUT2D eigenvalue weighted by atomic mass is 79.9. The number of rotatable bonds is 3. The lowest BCUT2D eigenvalue weighted by molar-refractivity contribution is 0.410. The maximum atomic E-state index is 12.1. The average Bonchev–Trinajstić information content (AvgIpc) is 2.20. The highest BCUT2D eigenvalue weighted by molar-refractivity contribution is 9.10. The highest BCUT2D eigenvalue weighted by Crippen LogP contribution is 2.24. The third-order valence-corrected chi connectivity index (χ3v) is 4.73. The molecule has 0 aliphatic rings. The summed E-state index contributed by atoms with van der Waals surface area (Å²) < 4.78 is 26.1. The van der Waals surface area contributed by atoms with Crippen molar-refractivity contribution in [2.75, 3.05) is 12.8 Å². The van der Waals surface area contributed by atoms with Crippen molar-refractivity contribution in [2.24, 2.45) is 0 Å². The molecule has 1 heterocycles. The number of nitrogen functional groups attached to an aromatic ring is 1. The molecule has 0 radical (unpaired) electrons. The Morgan fingerprint density at radius 3 is 2.56 bits per heavy atom. The number of pyridine rings is 1. The van der Waals surface area contributed by atoms with Gasteiger partial charge in [0.25, 0.3) is 0 Å². The van der Waals surface area contributed by atoms with Crippen LogP contribution in [0.15, 0.2) is 21.6 Å². The van der Waals surface area contributed by atoms with Crippen LogP contribution in [0.4, 0.5) is 5.82 Å². The minimum atomic E-state index is -3.58. The zero-order valence-electron chi connectivity index (χ0n) is 9.31. The lowest BCUT2D eigenvalue weighted by Gasteiger charge is -2.21. The molecule has 7 heteroatoms. The molecule has 5 nitrogen and oxygen atoms in total. The monoisotopic (exact) mass is 307 g/mol. The van der Waals surface area contributed by atoms with Crippen molar-refractivity contribution in [1.29, 1.82) is 0 Å². The van der Waals surface area contributed by atoms with Gasteiger partial charge in [-0.1, -0.05) is 0 Å². The van der Waals surface area contributed by atoms with Gasteiger partial charge in [0.1, 0.15) is 10.7 Å². The van der Waals surface area contributed by atoms with Crippen molar-refractivity contribution >= 4 is 31.8 Å². The Morgan fingerprint density at radius 2 is 2.06 bits per heavy atom. The molecular weight excluding hydrogens is 294 g/mol. The van der Waals surface area contributed by atoms with Gasteiger partial charge in [-0.15, -0.1) is 0 Å². The number of aromatic nitrogens is 1. The van der Waals surface area contributed by atoms with Crippen molar-refractivity contribution in [1.82, 2.24) is 9.29 Å². The molecule has 90 valence electrons. The van der Waals surface area contributed by atoms with E-state index in [-0.39, 0.29) is 16.8 Å². The molecule has 0 spiro atoms. The van der Waals surface area contributed by atoms with Gasteiger partial charge in [0, 0.05) is 23.8 Å². The first kappa shape index (κ1) is 13.4. The van der Waals surface area contributed by atoms with E-state index in [4.69, 9.17) is 5.73 Å². The molecule has 1 aromatic heterocycles. The number of halogens is 1. The zero-order chi connectivity index (χ0) is 12.5. The molecule has 0 unspecified atom stereocenters. The maximum Gasteiger partial charge on any atom is 0.246 e. The molecule has 0 saturated heterocycles. The summed E-state index contributed by atoms with van der Waals surface area (Å²) in [6, 6.07) is 1.32. The predicted octanol–water partition coefficient (Wildman–Crippen LogP) is 1.46. The number of anilines is 1. The predicted molar refractivity (Wildman–Crippen MR) is 66.4 cm³/mol. The molecule has 0 fully saturated rings. The number of hydrogen-bond acceptors (Lipinski definition) is 4. The van der Waals surface area contributed by atoms with Crippen LogP contribution < -0.4 is 5.73 Å². The molecule has 0 atom stereocenters. The van der Waals surface area contributed by atoms with Crippen molar-refractivity contribution in [3.63, 3.8) is 0 Å². The smallest absolute Gasteiger partial charge is 0.246 e. The minimum Gasteiger partial charge on any atom is -0.383 e. The molecule has 0 aromatic carbocycles. The van der Waals surface area contributed by atoms with Crippen LogP contribution >= 0.6 is 15.9 Å². The molecule has 0 aliphatic heterocycles. The fraction of sp³-hybridized carbons (Fsp3) is 0.444. The second kappa shape index (κ2) is 4.68. The number of nitrogens with zero attached hydrogens (tertiary/aromatic N) is 2. The lowest BCUT2D eigenvalue weighted by Crippen LogP contribution is -2.33. The van der Waals surface area contributed by atoms with Gasteiger partial charge in [0.2, 0.25) is 10.0 Å². The first-order valence-electron chi connectivity index (χ1n) is 4.66. The Morgan fingerprint density at radius 1 is 1.50 bits per heavy atom. The van der Waals surface area contributed by atoms with Crippen LogP contribution in [-0.2, 0) is 10.0 Å². The molecule has 0 amide bonds. The van der Waals surface area contributed by atoms with E-state index >= 15 is 0 Å². The minimum absolute atomic E-state index is 0.00991. The normalized spacial score (nSPS) is 12.4. The van der Waals surface area contributed by atoms with Crippen LogP contribution in [-0.4, -0.2) is 30.8 Å². The fourth-order valence-corrected chi connectivity index (χ4v) is 3.01. The zero-order valence-corrected chi connectivity index (χ0v) is 11.7. The van der Waals surface area contributed by atoms with Crippen molar-refractivity contribution in [3.05, 3.63) is 16.7 Å². The molecule has 1 rings (SSSR count). The second-order valence-electron chi connectivity index (χ2n) is 3.65. The Hall–Kier alpha value is -0.660. The fourth-order valence-electron chi connectivity index (χ4n) is 1.07. The van der Waals surface area contributed by atoms with Crippen molar-refractivity contribution in [3.8, 4) is 0 Å². The van der Waals surface area contributed by atoms with Gasteiger partial charge in [-0.2, -0.15) is 4.31 Å². The molecule has 0 saturated carbocycles. The standard InChI is InChI=1S/C9H14BrN3O2S/c1-6(2)13(3)16(14,15)8-4-7(10)5-12-9(8)11/h4-6H,1-3H3,(H2,11,12). The SMILES string of the molecule is CC(C)N(C)S(=O)(=O)c1cc(Br)cnc1N. The maximum absolute atomic E-state index is 12.1. The number of hydrogen-bond donors (Lipinski definition) is 1. The third-order valence-electron chi connectivity index (χ3n) is 2.23. The molecule has 16 heavy (non-hydrogen) atoms. The summed E-state index contributed by atoms with van der Waals surface area (Å²) in [4.78, 5) is 3.84. The summed E-state index contributed by atoms with van der Waals surface area (Å²) in [5.74, 6) is 0.00991. The van der Waals surface area contributed by atoms with Crippen LogP contribution in [0.2, 0.25) is 0 Å². The van der Waals surface area contributed by atoms with Gasteiger partial charge in [-0.25, -0.2) is 13.4 Å². The lowest BCUT2D eigenvalue weighted by atomic mass is 10.4. The van der Waals surface area contributed by atoms with Crippen molar-refractivity contribution < 1.29 is 8.42 Å². The number of sulfonamides is 1. The molecule has 1 aromatic rings. The first-order chi connectivity index (χ1) is 7.26. The van der Waals surface area contributed by atoms with Gasteiger partial charge < -0.3 is 5.73 Å². The third kappa shape index (κ3) is 2.53. The van der Waals surface area contributed by atoms with E-state index in [1.165, 1.54) is 23.6 Å². The number of nitrogens with two attached hydrogens (primary N) is 1. The van der Waals surface area contributed by atoms with E-state index in [1.807, 2.05) is 0 Å². The van der Waals surface area contributed by atoms with E-state index in [0.717, 1.165) is 0 Å². The molecule has 2 N–H and O–H groups in total. The van der Waals surface area contributed by atoms with E-state index in [2.05, 4.69) is 20.9 Å². The average molecular weight is 308 g/mol. The van der Waals surface area contributed by atoms with Gasteiger partial charge in [-0.05, 0) is 35.8 Å². The first-order valence-corrected chi connectivity index (χ1v) is 6.89. The largest absolute Gasteiger partial charge is 0.383 e. The van der Waals surface area contributed by atoms with E-state index in [0.29, 0.717) is 4.47 Å². The van der Waals surface area contributed by atoms with E-state index in [9.17, 15) is 8.42 Å². The Balaban J connectivity index is 3.32. The quantitative estimate of drug-likeness (QED) is 0.917. The van der Waals surface area contributed by atoms with Crippen LogP contribution in [0.5, 0.6) is 0 Å². The van der Waals surface area contributed by atoms with Crippen LogP contribution in [0.25, 0.3) is 0 Å². The van der Waals surface area contributed by atoms with Crippen LogP contribution in [0.1, 0.15) is 13.8 Å². The van der Waals surface area contributed by atoms with Gasteiger partial charge >= 0.3 is 0 Å². The highest BCUT2D eigenvalue weighted by Gasteiger charge is 2.26. The van der Waals surface area contributed by atoms with Gasteiger partial charge in [-0.3, -0.25) is 0 Å². The molecular formula is C9H14BrN3O2S. The van der Waals surface area contributed by atoms with Crippen LogP contribution in [0, 0.1) is 0 Å². The summed E-state index contributed by atoms with van der Waals surface area (Å²) in [5, 5.41) is 0. The van der Waals surface area contributed by atoms with E-state index in [1.54, 1.807) is 13.8 Å². The summed E-state index contributed by atoms with van der Waals surface area (Å²) in [5.41, 5.74) is 5.58. The summed E-state index contributed by atoms with van der Waals surface area (Å²) in [6.45, 7) is 3.58. The Kier molecular flexibility index (Phi) is 3.92. The molecule has 0 aliphatic carbocycles. The van der Waals surface area contributed by atoms with E-state index < -0.39 is 10.0 Å². The summed E-state index contributed by atoms with van der Waals surface area (Å²) in [7, 11) is -2.06. The van der Waals surface area contributed by atoms with Crippen molar-refractivity contribution in [2.45, 2.75) is 24.8 Å². The summed E-state index contributed by atoms with van der Waals surface area (Å²) >= 11 is 3.17. The Labute approximate surface area is 104 Å². The van der Waals surface area contributed by atoms with Gasteiger partial charge in [0.15, 0.2) is 0 Å². The Bertz CT molecular complexity index is 488.